The molecule has 1 unspecified atom stereocenters. The third-order valence-electron chi connectivity index (χ3n) is 6.26. The summed E-state index contributed by atoms with van der Waals surface area (Å²) in [6.07, 6.45) is 6.71. The highest BCUT2D eigenvalue weighted by molar-refractivity contribution is 5.88. The SMILES string of the molecule is CCCCC1c2c(ccc(OC)c2OC)C=C2c3cc4c(cc3CCN21)OCO4. The number of benzene rings is 2. The van der Waals surface area contributed by atoms with Gasteiger partial charge in [0.25, 0.3) is 0 Å². The Bertz CT molecular complexity index is 981. The van der Waals surface area contributed by atoms with Gasteiger partial charge in [0.1, 0.15) is 0 Å². The molecule has 0 aromatic heterocycles. The van der Waals surface area contributed by atoms with E-state index in [2.05, 4.69) is 36.1 Å². The quantitative estimate of drug-likeness (QED) is 0.712. The number of methoxy groups -OCH3 is 2. The third-order valence-corrected chi connectivity index (χ3v) is 6.26. The first kappa shape index (κ1) is 18.2. The molecule has 0 fully saturated rings. The van der Waals surface area contributed by atoms with E-state index in [4.69, 9.17) is 18.9 Å². The van der Waals surface area contributed by atoms with Crippen LogP contribution in [0.3, 0.4) is 0 Å². The topological polar surface area (TPSA) is 40.2 Å². The molecular weight excluding hydrogens is 366 g/mol. The van der Waals surface area contributed by atoms with Gasteiger partial charge >= 0.3 is 0 Å². The predicted molar refractivity (Wildman–Crippen MR) is 113 cm³/mol. The lowest BCUT2D eigenvalue weighted by molar-refractivity contribution is 0.174. The molecule has 152 valence electrons. The van der Waals surface area contributed by atoms with Gasteiger partial charge in [-0.15, -0.1) is 0 Å². The first-order chi connectivity index (χ1) is 14.2. The number of hydrogen-bond donors (Lipinski definition) is 0. The highest BCUT2D eigenvalue weighted by Gasteiger charge is 2.36. The number of fused-ring (bicyclic) bond motifs is 5. The van der Waals surface area contributed by atoms with Crippen LogP contribution in [0, 0.1) is 0 Å². The van der Waals surface area contributed by atoms with Gasteiger partial charge in [0.15, 0.2) is 23.0 Å². The largest absolute Gasteiger partial charge is 0.493 e. The average molecular weight is 393 g/mol. The van der Waals surface area contributed by atoms with Crippen molar-refractivity contribution in [3.05, 3.63) is 46.5 Å². The van der Waals surface area contributed by atoms with E-state index in [1.165, 1.54) is 40.8 Å². The zero-order valence-electron chi connectivity index (χ0n) is 17.3. The first-order valence-corrected chi connectivity index (χ1v) is 10.4. The minimum absolute atomic E-state index is 0.272. The average Bonchev–Trinajstić information content (AvgIpc) is 3.21. The molecule has 29 heavy (non-hydrogen) atoms. The van der Waals surface area contributed by atoms with E-state index in [1.54, 1.807) is 14.2 Å². The smallest absolute Gasteiger partial charge is 0.231 e. The molecule has 0 radical (unpaired) electrons. The molecule has 0 bridgehead atoms. The summed E-state index contributed by atoms with van der Waals surface area (Å²) in [5.74, 6) is 3.36. The summed E-state index contributed by atoms with van der Waals surface area (Å²) in [7, 11) is 3.44. The van der Waals surface area contributed by atoms with Gasteiger partial charge < -0.3 is 23.8 Å². The van der Waals surface area contributed by atoms with E-state index in [0.29, 0.717) is 6.79 Å². The van der Waals surface area contributed by atoms with Crippen molar-refractivity contribution in [2.45, 2.75) is 38.6 Å². The summed E-state index contributed by atoms with van der Waals surface area (Å²) in [5.41, 5.74) is 6.30. The van der Waals surface area contributed by atoms with E-state index in [9.17, 15) is 0 Å². The maximum absolute atomic E-state index is 5.84. The molecule has 3 aliphatic heterocycles. The van der Waals surface area contributed by atoms with Gasteiger partial charge in [0.2, 0.25) is 6.79 Å². The van der Waals surface area contributed by atoms with E-state index < -0.39 is 0 Å². The molecule has 0 saturated carbocycles. The van der Waals surface area contributed by atoms with Crippen LogP contribution in [0.5, 0.6) is 23.0 Å². The molecule has 2 aromatic carbocycles. The predicted octanol–water partition coefficient (Wildman–Crippen LogP) is 5.03. The number of nitrogens with zero attached hydrogens (tertiary/aromatic N) is 1. The highest BCUT2D eigenvalue weighted by atomic mass is 16.7. The Morgan fingerprint density at radius 1 is 1.10 bits per heavy atom. The molecule has 0 N–H and O–H groups in total. The summed E-state index contributed by atoms with van der Waals surface area (Å²) < 4.78 is 22.7. The lowest BCUT2D eigenvalue weighted by Gasteiger charge is -2.43. The van der Waals surface area contributed by atoms with Gasteiger partial charge in [-0.2, -0.15) is 0 Å². The number of ether oxygens (including phenoxy) is 4. The summed E-state index contributed by atoms with van der Waals surface area (Å²) in [6.45, 7) is 3.53. The Morgan fingerprint density at radius 2 is 1.93 bits per heavy atom. The molecule has 3 heterocycles. The second-order valence-corrected chi connectivity index (χ2v) is 7.80. The van der Waals surface area contributed by atoms with Crippen molar-refractivity contribution in [3.8, 4) is 23.0 Å². The normalized spacial score (nSPS) is 18.5. The van der Waals surface area contributed by atoms with E-state index in [-0.39, 0.29) is 6.04 Å². The minimum atomic E-state index is 0.272. The summed E-state index contributed by atoms with van der Waals surface area (Å²) in [4.78, 5) is 2.55. The molecule has 0 aliphatic carbocycles. The number of hydrogen-bond acceptors (Lipinski definition) is 5. The fourth-order valence-electron chi connectivity index (χ4n) is 4.87. The Balaban J connectivity index is 1.68. The zero-order chi connectivity index (χ0) is 20.0. The van der Waals surface area contributed by atoms with E-state index in [0.717, 1.165) is 42.4 Å². The van der Waals surface area contributed by atoms with Crippen LogP contribution in [0.2, 0.25) is 0 Å². The van der Waals surface area contributed by atoms with Crippen molar-refractivity contribution in [1.82, 2.24) is 4.90 Å². The Labute approximate surface area is 171 Å². The molecule has 0 saturated heterocycles. The van der Waals surface area contributed by atoms with Crippen molar-refractivity contribution in [2.24, 2.45) is 0 Å². The van der Waals surface area contributed by atoms with Crippen molar-refractivity contribution in [3.63, 3.8) is 0 Å². The highest BCUT2D eigenvalue weighted by Crippen LogP contribution is 2.51. The molecule has 5 nitrogen and oxygen atoms in total. The van der Waals surface area contributed by atoms with Crippen LogP contribution in [0.1, 0.15) is 54.5 Å². The molecule has 3 aliphatic rings. The van der Waals surface area contributed by atoms with E-state index in [1.807, 2.05) is 6.07 Å². The number of rotatable bonds is 5. The standard InChI is InChI=1S/C24H27NO4/c1-4-5-6-18-23-16(7-8-20(26-2)24(23)27-3)11-19-17-13-22-21(28-14-29-22)12-15(17)9-10-25(18)19/h7-8,11-13,18H,4-6,9-10,14H2,1-3H3. The second-order valence-electron chi connectivity index (χ2n) is 7.80. The monoisotopic (exact) mass is 393 g/mol. The zero-order valence-corrected chi connectivity index (χ0v) is 17.3. The number of unbranched alkanes of at least 4 members (excludes halogenated alkanes) is 1. The molecule has 2 aromatic rings. The van der Waals surface area contributed by atoms with Crippen LogP contribution in [0.25, 0.3) is 11.8 Å². The van der Waals surface area contributed by atoms with Gasteiger partial charge in [0, 0.05) is 23.4 Å². The van der Waals surface area contributed by atoms with Crippen LogP contribution in [-0.4, -0.2) is 32.5 Å². The van der Waals surface area contributed by atoms with Crippen LogP contribution >= 0.6 is 0 Å². The fraction of sp³-hybridized carbons (Fsp3) is 0.417. The molecule has 5 heteroatoms. The second kappa shape index (κ2) is 7.21. The van der Waals surface area contributed by atoms with Crippen LogP contribution < -0.4 is 18.9 Å². The molecule has 0 amide bonds. The Morgan fingerprint density at radius 3 is 2.69 bits per heavy atom. The maximum atomic E-state index is 5.84. The van der Waals surface area contributed by atoms with Crippen molar-refractivity contribution in [2.75, 3.05) is 27.6 Å². The fourth-order valence-corrected chi connectivity index (χ4v) is 4.87. The van der Waals surface area contributed by atoms with Crippen LogP contribution in [0.4, 0.5) is 0 Å². The summed E-state index contributed by atoms with van der Waals surface area (Å²) in [6, 6.07) is 8.74. The lowest BCUT2D eigenvalue weighted by atomic mass is 9.84. The van der Waals surface area contributed by atoms with Crippen molar-refractivity contribution >= 4 is 11.8 Å². The van der Waals surface area contributed by atoms with Crippen molar-refractivity contribution < 1.29 is 18.9 Å². The first-order valence-electron chi connectivity index (χ1n) is 10.4. The van der Waals surface area contributed by atoms with Crippen LogP contribution in [-0.2, 0) is 6.42 Å². The Kier molecular flexibility index (Phi) is 4.53. The Hall–Kier alpha value is -2.82. The van der Waals surface area contributed by atoms with Crippen LogP contribution in [0.15, 0.2) is 24.3 Å². The van der Waals surface area contributed by atoms with Gasteiger partial charge in [0.05, 0.1) is 20.3 Å². The maximum Gasteiger partial charge on any atom is 0.231 e. The summed E-state index contributed by atoms with van der Waals surface area (Å²) in [5, 5.41) is 0. The third kappa shape index (κ3) is 2.83. The van der Waals surface area contributed by atoms with Gasteiger partial charge in [-0.25, -0.2) is 0 Å². The molecule has 5 rings (SSSR count). The molecular formula is C24H27NO4. The summed E-state index contributed by atoms with van der Waals surface area (Å²) >= 11 is 0. The van der Waals surface area contributed by atoms with Gasteiger partial charge in [-0.05, 0) is 48.2 Å². The molecule has 1 atom stereocenters. The minimum Gasteiger partial charge on any atom is -0.493 e. The molecule has 0 spiro atoms. The van der Waals surface area contributed by atoms with Gasteiger partial charge in [-0.3, -0.25) is 0 Å². The van der Waals surface area contributed by atoms with Gasteiger partial charge in [-0.1, -0.05) is 25.8 Å². The van der Waals surface area contributed by atoms with Crippen molar-refractivity contribution in [1.29, 1.82) is 0 Å². The lowest BCUT2D eigenvalue weighted by Crippen LogP contribution is -2.35. The van der Waals surface area contributed by atoms with E-state index >= 15 is 0 Å².